The highest BCUT2D eigenvalue weighted by Crippen LogP contribution is 2.31. The number of fused-ring (bicyclic) bond motifs is 1. The standard InChI is InChI=1S/C24H28N6/c1-23(2)13-17(14-24(3,4)30-23)28-22-26-11-9-20(29-22)19-15-27-21-12-16(6-5-10-25)7-8-18(19)21/h5-9,11-12,15,17,27,30H,13-14H2,1-4H3,(H,26,28,29). The van der Waals surface area contributed by atoms with Crippen molar-refractivity contribution >= 4 is 22.9 Å². The lowest BCUT2D eigenvalue weighted by molar-refractivity contribution is 0.170. The largest absolute Gasteiger partial charge is 0.360 e. The summed E-state index contributed by atoms with van der Waals surface area (Å²) >= 11 is 0. The van der Waals surface area contributed by atoms with Gasteiger partial charge in [0.1, 0.15) is 0 Å². The zero-order valence-electron chi connectivity index (χ0n) is 18.0. The number of H-pyrrole nitrogens is 1. The Morgan fingerprint density at radius 2 is 1.93 bits per heavy atom. The first-order chi connectivity index (χ1) is 14.2. The highest BCUT2D eigenvalue weighted by atomic mass is 15.1. The monoisotopic (exact) mass is 400 g/mol. The lowest BCUT2D eigenvalue weighted by Crippen LogP contribution is -2.60. The second-order valence-electron chi connectivity index (χ2n) is 9.38. The molecule has 6 nitrogen and oxygen atoms in total. The Kier molecular flexibility index (Phi) is 5.08. The molecular formula is C24H28N6. The van der Waals surface area contributed by atoms with Crippen LogP contribution in [0, 0.1) is 11.3 Å². The van der Waals surface area contributed by atoms with Gasteiger partial charge in [-0.2, -0.15) is 5.26 Å². The van der Waals surface area contributed by atoms with Crippen LogP contribution in [0.4, 0.5) is 5.95 Å². The van der Waals surface area contributed by atoms with Crippen LogP contribution in [0.15, 0.2) is 42.7 Å². The molecule has 0 atom stereocenters. The van der Waals surface area contributed by atoms with Gasteiger partial charge in [-0.25, -0.2) is 9.97 Å². The molecule has 1 aliphatic heterocycles. The van der Waals surface area contributed by atoms with Crippen LogP contribution in [0.5, 0.6) is 0 Å². The topological polar surface area (TPSA) is 89.4 Å². The van der Waals surface area contributed by atoms with Crippen molar-refractivity contribution in [3.8, 4) is 17.3 Å². The molecule has 0 saturated carbocycles. The van der Waals surface area contributed by atoms with Crippen LogP contribution in [-0.4, -0.2) is 32.1 Å². The van der Waals surface area contributed by atoms with E-state index in [-0.39, 0.29) is 11.1 Å². The van der Waals surface area contributed by atoms with Gasteiger partial charge in [-0.1, -0.05) is 12.1 Å². The van der Waals surface area contributed by atoms with Gasteiger partial charge in [-0.3, -0.25) is 0 Å². The summed E-state index contributed by atoms with van der Waals surface area (Å²) in [5, 5.41) is 17.1. The average Bonchev–Trinajstić information content (AvgIpc) is 3.07. The van der Waals surface area contributed by atoms with Gasteiger partial charge in [0.15, 0.2) is 0 Å². The van der Waals surface area contributed by atoms with Gasteiger partial charge in [0.25, 0.3) is 0 Å². The van der Waals surface area contributed by atoms with E-state index in [1.54, 1.807) is 6.08 Å². The van der Waals surface area contributed by atoms with Crippen LogP contribution in [0.1, 0.15) is 46.1 Å². The number of piperidine rings is 1. The fraction of sp³-hybridized carbons (Fsp3) is 0.375. The minimum absolute atomic E-state index is 0.0611. The molecule has 6 heteroatoms. The molecule has 3 N–H and O–H groups in total. The highest BCUT2D eigenvalue weighted by Gasteiger charge is 2.37. The lowest BCUT2D eigenvalue weighted by atomic mass is 9.80. The number of allylic oxidation sites excluding steroid dienone is 1. The summed E-state index contributed by atoms with van der Waals surface area (Å²) in [5.41, 5.74) is 4.04. The molecule has 30 heavy (non-hydrogen) atoms. The maximum absolute atomic E-state index is 8.73. The first kappa shape index (κ1) is 20.1. The van der Waals surface area contributed by atoms with E-state index in [1.807, 2.05) is 36.7 Å². The van der Waals surface area contributed by atoms with Crippen molar-refractivity contribution in [2.24, 2.45) is 0 Å². The van der Waals surface area contributed by atoms with Crippen LogP contribution in [0.3, 0.4) is 0 Å². The number of aromatic nitrogens is 3. The van der Waals surface area contributed by atoms with E-state index in [4.69, 9.17) is 10.2 Å². The fourth-order valence-corrected chi connectivity index (χ4v) is 4.78. The quantitative estimate of drug-likeness (QED) is 0.543. The molecule has 154 valence electrons. The Bertz CT molecular complexity index is 1120. The Morgan fingerprint density at radius 3 is 2.67 bits per heavy atom. The molecule has 3 heterocycles. The molecule has 0 unspecified atom stereocenters. The van der Waals surface area contributed by atoms with E-state index >= 15 is 0 Å². The molecule has 1 saturated heterocycles. The van der Waals surface area contributed by atoms with E-state index < -0.39 is 0 Å². The molecule has 3 aromatic rings. The van der Waals surface area contributed by atoms with Gasteiger partial charge in [-0.05, 0) is 64.3 Å². The molecule has 0 spiro atoms. The third-order valence-electron chi connectivity index (χ3n) is 5.51. The average molecular weight is 401 g/mol. The van der Waals surface area contributed by atoms with Crippen LogP contribution in [0.25, 0.3) is 28.2 Å². The van der Waals surface area contributed by atoms with Gasteiger partial charge >= 0.3 is 0 Å². The van der Waals surface area contributed by atoms with Crippen molar-refractivity contribution in [1.82, 2.24) is 20.3 Å². The SMILES string of the molecule is CC1(C)CC(Nc2nccc(-c3c[nH]c4cc(C=CC#N)ccc34)n2)CC(C)(C)N1. The van der Waals surface area contributed by atoms with Gasteiger partial charge in [0.05, 0.1) is 11.8 Å². The number of benzene rings is 1. The van der Waals surface area contributed by atoms with E-state index in [0.717, 1.165) is 40.6 Å². The van der Waals surface area contributed by atoms with Crippen molar-refractivity contribution in [1.29, 1.82) is 5.26 Å². The van der Waals surface area contributed by atoms with Crippen molar-refractivity contribution < 1.29 is 0 Å². The number of hydrogen-bond donors (Lipinski definition) is 3. The summed E-state index contributed by atoms with van der Waals surface area (Å²) < 4.78 is 0. The zero-order valence-corrected chi connectivity index (χ0v) is 18.0. The molecule has 2 aromatic heterocycles. The summed E-state index contributed by atoms with van der Waals surface area (Å²) in [6.07, 6.45) is 9.09. The molecule has 0 amide bonds. The number of rotatable bonds is 4. The molecule has 0 aliphatic carbocycles. The molecular weight excluding hydrogens is 372 g/mol. The van der Waals surface area contributed by atoms with Crippen LogP contribution < -0.4 is 10.6 Å². The first-order valence-corrected chi connectivity index (χ1v) is 10.3. The van der Waals surface area contributed by atoms with Crippen LogP contribution in [0.2, 0.25) is 0 Å². The Hall–Kier alpha value is -3.17. The fourth-order valence-electron chi connectivity index (χ4n) is 4.78. The van der Waals surface area contributed by atoms with E-state index in [2.05, 4.69) is 54.4 Å². The number of aromatic amines is 1. The van der Waals surface area contributed by atoms with Crippen molar-refractivity contribution in [3.05, 3.63) is 48.3 Å². The van der Waals surface area contributed by atoms with Crippen molar-refractivity contribution in [2.45, 2.75) is 57.7 Å². The predicted molar refractivity (Wildman–Crippen MR) is 122 cm³/mol. The number of anilines is 1. The summed E-state index contributed by atoms with van der Waals surface area (Å²) in [6, 6.07) is 10.4. The van der Waals surface area contributed by atoms with Crippen LogP contribution >= 0.6 is 0 Å². The van der Waals surface area contributed by atoms with Crippen molar-refractivity contribution in [3.63, 3.8) is 0 Å². The predicted octanol–water partition coefficient (Wildman–Crippen LogP) is 4.88. The maximum atomic E-state index is 8.73. The number of nitrogens with one attached hydrogen (secondary N) is 3. The molecule has 0 bridgehead atoms. The molecule has 1 aliphatic rings. The van der Waals surface area contributed by atoms with Gasteiger partial charge in [-0.15, -0.1) is 0 Å². The Labute approximate surface area is 177 Å². The van der Waals surface area contributed by atoms with Gasteiger partial charge in [0, 0.05) is 52.1 Å². The van der Waals surface area contributed by atoms with Gasteiger partial charge < -0.3 is 15.6 Å². The second-order valence-corrected chi connectivity index (χ2v) is 9.38. The number of hydrogen-bond acceptors (Lipinski definition) is 5. The number of nitriles is 1. The number of nitrogens with zero attached hydrogens (tertiary/aromatic N) is 3. The third kappa shape index (κ3) is 4.37. The smallest absolute Gasteiger partial charge is 0.223 e. The summed E-state index contributed by atoms with van der Waals surface area (Å²) in [6.45, 7) is 8.97. The molecule has 1 aromatic carbocycles. The van der Waals surface area contributed by atoms with E-state index in [0.29, 0.717) is 12.0 Å². The molecule has 1 fully saturated rings. The third-order valence-corrected chi connectivity index (χ3v) is 5.51. The summed E-state index contributed by atoms with van der Waals surface area (Å²) in [7, 11) is 0. The molecule has 0 radical (unpaired) electrons. The van der Waals surface area contributed by atoms with Crippen LogP contribution in [-0.2, 0) is 0 Å². The van der Waals surface area contributed by atoms with Gasteiger partial charge in [0.2, 0.25) is 5.95 Å². The minimum Gasteiger partial charge on any atom is -0.360 e. The first-order valence-electron chi connectivity index (χ1n) is 10.3. The Balaban J connectivity index is 1.59. The second kappa shape index (κ2) is 7.58. The minimum atomic E-state index is 0.0611. The normalized spacial score (nSPS) is 18.5. The van der Waals surface area contributed by atoms with E-state index in [1.165, 1.54) is 6.08 Å². The summed E-state index contributed by atoms with van der Waals surface area (Å²) in [4.78, 5) is 12.6. The lowest BCUT2D eigenvalue weighted by Gasteiger charge is -2.46. The zero-order chi connectivity index (χ0) is 21.4. The van der Waals surface area contributed by atoms with E-state index in [9.17, 15) is 0 Å². The maximum Gasteiger partial charge on any atom is 0.223 e. The molecule has 4 rings (SSSR count). The Morgan fingerprint density at radius 1 is 1.17 bits per heavy atom. The van der Waals surface area contributed by atoms with Crippen molar-refractivity contribution in [2.75, 3.05) is 5.32 Å². The highest BCUT2D eigenvalue weighted by molar-refractivity contribution is 5.95. The summed E-state index contributed by atoms with van der Waals surface area (Å²) in [5.74, 6) is 0.661.